The van der Waals surface area contributed by atoms with Crippen molar-refractivity contribution in [3.63, 3.8) is 0 Å². The molecule has 29 heavy (non-hydrogen) atoms. The van der Waals surface area contributed by atoms with Crippen molar-refractivity contribution in [1.82, 2.24) is 10.2 Å². The summed E-state index contributed by atoms with van der Waals surface area (Å²) in [7, 11) is 0. The third kappa shape index (κ3) is 5.92. The molecule has 0 radical (unpaired) electrons. The summed E-state index contributed by atoms with van der Waals surface area (Å²) in [5.41, 5.74) is 2.03. The second kappa shape index (κ2) is 10.4. The molecule has 1 aliphatic heterocycles. The van der Waals surface area contributed by atoms with Gasteiger partial charge in [-0.15, -0.1) is 0 Å². The maximum absolute atomic E-state index is 13.6. The third-order valence-corrected chi connectivity index (χ3v) is 5.36. The normalized spacial score (nSPS) is 15.0. The number of piperidine rings is 1. The summed E-state index contributed by atoms with van der Waals surface area (Å²) < 4.78 is 13.6. The number of likely N-dealkylation sites (tertiary alicyclic amines) is 1. The quantitative estimate of drug-likeness (QED) is 0.443. The van der Waals surface area contributed by atoms with Crippen LogP contribution in [0.2, 0.25) is 0 Å². The van der Waals surface area contributed by atoms with Crippen molar-refractivity contribution < 1.29 is 9.18 Å². The molecule has 1 amide bonds. The van der Waals surface area contributed by atoms with E-state index >= 15 is 0 Å². The number of nitrogens with zero attached hydrogens (tertiary/aromatic N) is 2. The highest BCUT2D eigenvalue weighted by Crippen LogP contribution is 2.22. The number of carbonyl (C=O) groups is 1. The first-order valence-electron chi connectivity index (χ1n) is 10.1. The highest BCUT2D eigenvalue weighted by Gasteiger charge is 2.25. The molecule has 1 N–H and O–H groups in total. The van der Waals surface area contributed by atoms with Gasteiger partial charge in [-0.3, -0.25) is 4.79 Å². The number of carbonyl (C=O) groups excluding carboxylic acids is 1. The topological polar surface area (TPSA) is 56.1 Å². The minimum absolute atomic E-state index is 0.0973. The number of benzene rings is 2. The summed E-state index contributed by atoms with van der Waals surface area (Å²) in [6.07, 6.45) is 4.86. The fourth-order valence-corrected chi connectivity index (χ4v) is 3.68. The van der Waals surface area contributed by atoms with Crippen LogP contribution in [0.3, 0.4) is 0 Å². The number of hydrogen-bond acceptors (Lipinski definition) is 3. The van der Waals surface area contributed by atoms with Crippen molar-refractivity contribution in [2.24, 2.45) is 5.92 Å². The highest BCUT2D eigenvalue weighted by atomic mass is 19.1. The van der Waals surface area contributed by atoms with Crippen LogP contribution >= 0.6 is 0 Å². The van der Waals surface area contributed by atoms with Gasteiger partial charge in [0, 0.05) is 25.8 Å². The average molecular weight is 391 g/mol. The second-order valence-corrected chi connectivity index (χ2v) is 7.39. The molecule has 1 saturated heterocycles. The van der Waals surface area contributed by atoms with E-state index in [9.17, 15) is 14.4 Å². The van der Waals surface area contributed by atoms with Gasteiger partial charge in [-0.05, 0) is 48.8 Å². The maximum atomic E-state index is 13.6. The zero-order valence-electron chi connectivity index (χ0n) is 16.5. The lowest BCUT2D eigenvalue weighted by Gasteiger charge is -2.32. The average Bonchev–Trinajstić information content (AvgIpc) is 2.76. The Labute approximate surface area is 171 Å². The molecule has 0 bridgehead atoms. The molecule has 0 aliphatic carbocycles. The fraction of sp³-hybridized carbons (Fsp3) is 0.333. The van der Waals surface area contributed by atoms with Gasteiger partial charge in [-0.25, -0.2) is 4.39 Å². The van der Waals surface area contributed by atoms with E-state index in [1.54, 1.807) is 23.1 Å². The zero-order chi connectivity index (χ0) is 20.5. The van der Waals surface area contributed by atoms with Gasteiger partial charge < -0.3 is 10.2 Å². The summed E-state index contributed by atoms with van der Waals surface area (Å²) in [5.74, 6) is 0.0900. The predicted octanol–water partition coefficient (Wildman–Crippen LogP) is 3.85. The Morgan fingerprint density at radius 2 is 1.83 bits per heavy atom. The molecule has 0 unspecified atom stereocenters. The van der Waals surface area contributed by atoms with Crippen molar-refractivity contribution in [2.45, 2.75) is 25.7 Å². The zero-order valence-corrected chi connectivity index (χ0v) is 16.5. The molecule has 0 atom stereocenters. The SMILES string of the molecule is N#C/C(=C/NCCc1ccccc1F)C(=O)N1CCC(Cc2ccccc2)CC1. The molecule has 4 nitrogen and oxygen atoms in total. The molecule has 3 rings (SSSR count). The summed E-state index contributed by atoms with van der Waals surface area (Å²) in [6, 6.07) is 19.0. The molecule has 5 heteroatoms. The minimum atomic E-state index is -0.242. The van der Waals surface area contributed by atoms with Crippen molar-refractivity contribution in [3.05, 3.63) is 83.3 Å². The van der Waals surface area contributed by atoms with Crippen molar-refractivity contribution in [3.8, 4) is 6.07 Å². The van der Waals surface area contributed by atoms with Gasteiger partial charge in [0.25, 0.3) is 5.91 Å². The predicted molar refractivity (Wildman–Crippen MR) is 111 cm³/mol. The van der Waals surface area contributed by atoms with Crippen molar-refractivity contribution in [1.29, 1.82) is 5.26 Å². The van der Waals surface area contributed by atoms with Crippen LogP contribution in [0.5, 0.6) is 0 Å². The van der Waals surface area contributed by atoms with Gasteiger partial charge in [0.1, 0.15) is 17.5 Å². The van der Waals surface area contributed by atoms with Crippen LogP contribution in [-0.4, -0.2) is 30.4 Å². The van der Waals surface area contributed by atoms with Gasteiger partial charge in [-0.2, -0.15) is 5.26 Å². The van der Waals surface area contributed by atoms with Crippen molar-refractivity contribution >= 4 is 5.91 Å². The molecule has 2 aromatic rings. The molecule has 0 aromatic heterocycles. The fourth-order valence-electron chi connectivity index (χ4n) is 3.68. The van der Waals surface area contributed by atoms with E-state index in [4.69, 9.17) is 0 Å². The lowest BCUT2D eigenvalue weighted by atomic mass is 9.90. The molecule has 2 aromatic carbocycles. The lowest BCUT2D eigenvalue weighted by molar-refractivity contribution is -0.128. The van der Waals surface area contributed by atoms with Crippen LogP contribution in [0.4, 0.5) is 4.39 Å². The van der Waals surface area contributed by atoms with Gasteiger partial charge in [0.05, 0.1) is 0 Å². The van der Waals surface area contributed by atoms with E-state index in [-0.39, 0.29) is 17.3 Å². The van der Waals surface area contributed by atoms with Gasteiger partial charge >= 0.3 is 0 Å². The molecule has 0 spiro atoms. The van der Waals surface area contributed by atoms with Crippen LogP contribution in [-0.2, 0) is 17.6 Å². The van der Waals surface area contributed by atoms with E-state index in [0.29, 0.717) is 37.5 Å². The Bertz CT molecular complexity index is 880. The summed E-state index contributed by atoms with van der Waals surface area (Å²) in [5, 5.41) is 12.3. The standard InChI is InChI=1S/C24H26FN3O/c25-23-9-5-4-8-21(23)10-13-27-18-22(17-26)24(29)28-14-11-20(12-15-28)16-19-6-2-1-3-7-19/h1-9,18,20,27H,10-16H2/b22-18-. The van der Waals surface area contributed by atoms with Crippen molar-refractivity contribution in [2.75, 3.05) is 19.6 Å². The van der Waals surface area contributed by atoms with Gasteiger partial charge in [0.15, 0.2) is 0 Å². The monoisotopic (exact) mass is 391 g/mol. The van der Waals surface area contributed by atoms with Crippen LogP contribution < -0.4 is 5.32 Å². The minimum Gasteiger partial charge on any atom is -0.389 e. The number of hydrogen-bond donors (Lipinski definition) is 1. The lowest BCUT2D eigenvalue weighted by Crippen LogP contribution is -2.39. The summed E-state index contributed by atoms with van der Waals surface area (Å²) in [6.45, 7) is 1.80. The Kier molecular flexibility index (Phi) is 7.40. The van der Waals surface area contributed by atoms with Gasteiger partial charge in [-0.1, -0.05) is 48.5 Å². The van der Waals surface area contributed by atoms with Crippen LogP contribution in [0, 0.1) is 23.1 Å². The molecular formula is C24H26FN3O. The van der Waals surface area contributed by atoms with Crippen LogP contribution in [0.15, 0.2) is 66.4 Å². The molecular weight excluding hydrogens is 365 g/mol. The van der Waals surface area contributed by atoms with E-state index in [0.717, 1.165) is 19.3 Å². The number of halogens is 1. The summed E-state index contributed by atoms with van der Waals surface area (Å²) >= 11 is 0. The molecule has 0 saturated carbocycles. The largest absolute Gasteiger partial charge is 0.389 e. The van der Waals surface area contributed by atoms with Crippen LogP contribution in [0.1, 0.15) is 24.0 Å². The molecule has 150 valence electrons. The number of nitrogens with one attached hydrogen (secondary N) is 1. The Balaban J connectivity index is 1.46. The molecule has 1 heterocycles. The van der Waals surface area contributed by atoms with E-state index in [1.165, 1.54) is 17.8 Å². The van der Waals surface area contributed by atoms with E-state index < -0.39 is 0 Å². The Morgan fingerprint density at radius 1 is 1.14 bits per heavy atom. The number of amides is 1. The molecule has 1 aliphatic rings. The smallest absolute Gasteiger partial charge is 0.265 e. The first-order chi connectivity index (χ1) is 14.2. The maximum Gasteiger partial charge on any atom is 0.265 e. The number of rotatable bonds is 7. The Morgan fingerprint density at radius 3 is 2.52 bits per heavy atom. The van der Waals surface area contributed by atoms with Gasteiger partial charge in [0.2, 0.25) is 0 Å². The second-order valence-electron chi connectivity index (χ2n) is 7.39. The first kappa shape index (κ1) is 20.6. The van der Waals surface area contributed by atoms with E-state index in [1.807, 2.05) is 12.1 Å². The summed E-state index contributed by atoms with van der Waals surface area (Å²) in [4.78, 5) is 14.4. The third-order valence-electron chi connectivity index (χ3n) is 5.36. The first-order valence-corrected chi connectivity index (χ1v) is 10.1. The van der Waals surface area contributed by atoms with Crippen LogP contribution in [0.25, 0.3) is 0 Å². The molecule has 1 fully saturated rings. The Hall–Kier alpha value is -3.13. The van der Waals surface area contributed by atoms with E-state index in [2.05, 4.69) is 29.6 Å². The highest BCUT2D eigenvalue weighted by molar-refractivity contribution is 5.97. The number of nitriles is 1.